The minimum Gasteiger partial charge on any atom is -0.349 e. The Labute approximate surface area is 152 Å². The maximum absolute atomic E-state index is 12.6. The summed E-state index contributed by atoms with van der Waals surface area (Å²) in [6, 6.07) is 6.86. The average molecular weight is 419 g/mol. The van der Waals surface area contributed by atoms with Crippen molar-refractivity contribution in [1.82, 2.24) is 9.62 Å². The van der Waals surface area contributed by atoms with Crippen LogP contribution in [0, 0.1) is 0 Å². The topological polar surface area (TPSA) is 70.9 Å². The highest BCUT2D eigenvalue weighted by Crippen LogP contribution is 2.18. The Morgan fingerprint density at radius 2 is 1.88 bits per heavy atom. The van der Waals surface area contributed by atoms with Gasteiger partial charge >= 0.3 is 0 Å². The molecule has 24 heavy (non-hydrogen) atoms. The predicted octanol–water partition coefficient (Wildman–Crippen LogP) is 0.253. The molecule has 1 aliphatic rings. The van der Waals surface area contributed by atoms with E-state index in [0.29, 0.717) is 37.6 Å². The van der Waals surface area contributed by atoms with Gasteiger partial charge in [-0.15, -0.1) is 0 Å². The highest BCUT2D eigenvalue weighted by Gasteiger charge is 2.31. The summed E-state index contributed by atoms with van der Waals surface area (Å²) in [6.45, 7) is 6.57. The van der Waals surface area contributed by atoms with Crippen LogP contribution in [0.2, 0.25) is 0 Å². The molecule has 8 heteroatoms. The number of rotatable bonds is 6. The molecule has 1 heterocycles. The number of carbonyl (C=O) groups is 1. The number of quaternary nitrogens is 1. The standard InChI is InChI=1S/C16H24BrN3O3S/c1-3-13(2)18-16(21)12-19-8-10-20(11-9-19)24(22,23)15-6-4-14(17)5-7-15/h4-7,13H,3,8-12H2,1-2H3,(H,18,21)/p+1/t13-/m0/s1. The van der Waals surface area contributed by atoms with Crippen molar-refractivity contribution in [1.29, 1.82) is 0 Å². The lowest BCUT2D eigenvalue weighted by Crippen LogP contribution is -3.15. The molecule has 2 N–H and O–H groups in total. The number of sulfonamides is 1. The average Bonchev–Trinajstić information content (AvgIpc) is 2.55. The summed E-state index contributed by atoms with van der Waals surface area (Å²) in [5.74, 6) is 0.0311. The third-order valence-corrected chi connectivity index (χ3v) is 6.75. The van der Waals surface area contributed by atoms with Crippen LogP contribution in [-0.4, -0.2) is 57.4 Å². The number of nitrogens with zero attached hydrogens (tertiary/aromatic N) is 1. The lowest BCUT2D eigenvalue weighted by molar-refractivity contribution is -0.895. The lowest BCUT2D eigenvalue weighted by atomic mass is 10.2. The van der Waals surface area contributed by atoms with Crippen LogP contribution < -0.4 is 10.2 Å². The Balaban J connectivity index is 1.90. The van der Waals surface area contributed by atoms with Gasteiger partial charge < -0.3 is 10.2 Å². The van der Waals surface area contributed by atoms with E-state index < -0.39 is 10.0 Å². The SMILES string of the molecule is CC[C@H](C)NC(=O)C[NH+]1CCN(S(=O)(=O)c2ccc(Br)cc2)CC1. The summed E-state index contributed by atoms with van der Waals surface area (Å²) < 4.78 is 27.6. The first-order valence-electron chi connectivity index (χ1n) is 8.21. The Bertz CT molecular complexity index is 656. The van der Waals surface area contributed by atoms with Crippen LogP contribution in [0.25, 0.3) is 0 Å². The van der Waals surface area contributed by atoms with Crippen molar-refractivity contribution in [2.45, 2.75) is 31.2 Å². The van der Waals surface area contributed by atoms with Crippen LogP contribution >= 0.6 is 15.9 Å². The molecule has 1 atom stereocenters. The summed E-state index contributed by atoms with van der Waals surface area (Å²) in [4.78, 5) is 13.4. The Kier molecular flexibility index (Phi) is 6.79. The molecule has 2 rings (SSSR count). The molecule has 1 aliphatic heterocycles. The fraction of sp³-hybridized carbons (Fsp3) is 0.562. The van der Waals surface area contributed by atoms with Crippen LogP contribution in [-0.2, 0) is 14.8 Å². The van der Waals surface area contributed by atoms with Gasteiger partial charge in [-0.1, -0.05) is 22.9 Å². The van der Waals surface area contributed by atoms with Crippen molar-refractivity contribution in [2.75, 3.05) is 32.7 Å². The largest absolute Gasteiger partial charge is 0.349 e. The normalized spacial score (nSPS) is 18.3. The molecule has 1 saturated heterocycles. The third-order valence-electron chi connectivity index (χ3n) is 4.31. The molecule has 0 radical (unpaired) electrons. The highest BCUT2D eigenvalue weighted by atomic mass is 79.9. The van der Waals surface area contributed by atoms with Gasteiger partial charge in [-0.25, -0.2) is 8.42 Å². The van der Waals surface area contributed by atoms with E-state index in [-0.39, 0.29) is 11.9 Å². The number of hydrogen-bond donors (Lipinski definition) is 2. The number of hydrogen-bond acceptors (Lipinski definition) is 3. The molecule has 1 aromatic carbocycles. The van der Waals surface area contributed by atoms with Gasteiger partial charge in [0.1, 0.15) is 0 Å². The summed E-state index contributed by atoms with van der Waals surface area (Å²) in [5.41, 5.74) is 0. The first-order valence-corrected chi connectivity index (χ1v) is 10.4. The zero-order chi connectivity index (χ0) is 17.7. The Hall–Kier alpha value is -0.960. The summed E-state index contributed by atoms with van der Waals surface area (Å²) >= 11 is 3.31. The molecule has 0 spiro atoms. The molecular formula is C16H25BrN3O3S+. The van der Waals surface area contributed by atoms with E-state index in [1.54, 1.807) is 24.3 Å². The van der Waals surface area contributed by atoms with E-state index >= 15 is 0 Å². The Morgan fingerprint density at radius 1 is 1.29 bits per heavy atom. The van der Waals surface area contributed by atoms with Crippen molar-refractivity contribution < 1.29 is 18.1 Å². The number of nitrogens with one attached hydrogen (secondary N) is 2. The third kappa shape index (κ3) is 5.02. The van der Waals surface area contributed by atoms with Crippen molar-refractivity contribution >= 4 is 31.9 Å². The number of halogens is 1. The van der Waals surface area contributed by atoms with E-state index in [1.807, 2.05) is 13.8 Å². The molecule has 1 fully saturated rings. The van der Waals surface area contributed by atoms with E-state index in [4.69, 9.17) is 0 Å². The number of piperazine rings is 1. The predicted molar refractivity (Wildman–Crippen MR) is 96.4 cm³/mol. The van der Waals surface area contributed by atoms with E-state index in [2.05, 4.69) is 21.2 Å². The van der Waals surface area contributed by atoms with Crippen LogP contribution in [0.1, 0.15) is 20.3 Å². The van der Waals surface area contributed by atoms with E-state index in [1.165, 1.54) is 4.31 Å². The van der Waals surface area contributed by atoms with Crippen molar-refractivity contribution in [3.05, 3.63) is 28.7 Å². The minimum atomic E-state index is -3.46. The number of benzene rings is 1. The van der Waals surface area contributed by atoms with Gasteiger partial charge in [-0.2, -0.15) is 4.31 Å². The zero-order valence-corrected chi connectivity index (χ0v) is 16.5. The molecule has 134 valence electrons. The number of amides is 1. The molecular weight excluding hydrogens is 394 g/mol. The highest BCUT2D eigenvalue weighted by molar-refractivity contribution is 9.10. The van der Waals surface area contributed by atoms with Gasteiger partial charge in [0.2, 0.25) is 10.0 Å². The van der Waals surface area contributed by atoms with Gasteiger partial charge in [-0.05, 0) is 37.6 Å². The first-order chi connectivity index (χ1) is 11.3. The summed E-state index contributed by atoms with van der Waals surface area (Å²) in [6.07, 6.45) is 0.903. The van der Waals surface area contributed by atoms with E-state index in [9.17, 15) is 13.2 Å². The molecule has 0 saturated carbocycles. The molecule has 0 aliphatic carbocycles. The van der Waals surface area contributed by atoms with Crippen molar-refractivity contribution in [2.24, 2.45) is 0 Å². The molecule has 0 aromatic heterocycles. The summed E-state index contributed by atoms with van der Waals surface area (Å²) in [5, 5.41) is 2.95. The molecule has 0 unspecified atom stereocenters. The minimum absolute atomic E-state index is 0.0311. The van der Waals surface area contributed by atoms with Gasteiger partial charge in [0, 0.05) is 10.5 Å². The van der Waals surface area contributed by atoms with Gasteiger partial charge in [0.15, 0.2) is 6.54 Å². The zero-order valence-electron chi connectivity index (χ0n) is 14.1. The van der Waals surface area contributed by atoms with E-state index in [0.717, 1.165) is 15.8 Å². The second-order valence-corrected chi connectivity index (χ2v) is 9.02. The Morgan fingerprint density at radius 3 is 2.42 bits per heavy atom. The fourth-order valence-corrected chi connectivity index (χ4v) is 4.34. The summed E-state index contributed by atoms with van der Waals surface area (Å²) in [7, 11) is -3.46. The monoisotopic (exact) mass is 418 g/mol. The van der Waals surface area contributed by atoms with Gasteiger partial charge in [0.25, 0.3) is 5.91 Å². The van der Waals surface area contributed by atoms with Gasteiger partial charge in [-0.3, -0.25) is 4.79 Å². The first kappa shape index (κ1) is 19.4. The van der Waals surface area contributed by atoms with Crippen LogP contribution in [0.4, 0.5) is 0 Å². The van der Waals surface area contributed by atoms with Crippen molar-refractivity contribution in [3.8, 4) is 0 Å². The smallest absolute Gasteiger partial charge is 0.275 e. The fourth-order valence-electron chi connectivity index (χ4n) is 2.63. The second-order valence-electron chi connectivity index (χ2n) is 6.16. The molecule has 6 nitrogen and oxygen atoms in total. The van der Waals surface area contributed by atoms with Crippen molar-refractivity contribution in [3.63, 3.8) is 0 Å². The molecule has 1 aromatic rings. The van der Waals surface area contributed by atoms with Gasteiger partial charge in [0.05, 0.1) is 31.1 Å². The maximum atomic E-state index is 12.6. The number of carbonyl (C=O) groups excluding carboxylic acids is 1. The second kappa shape index (κ2) is 8.42. The van der Waals surface area contributed by atoms with Crippen LogP contribution in [0.15, 0.2) is 33.6 Å². The quantitative estimate of drug-likeness (QED) is 0.695. The molecule has 1 amide bonds. The maximum Gasteiger partial charge on any atom is 0.275 e. The van der Waals surface area contributed by atoms with Crippen LogP contribution in [0.5, 0.6) is 0 Å². The lowest BCUT2D eigenvalue weighted by Gasteiger charge is -2.31. The molecule has 0 bridgehead atoms. The van der Waals surface area contributed by atoms with Crippen LogP contribution in [0.3, 0.4) is 0 Å².